The molecule has 2 rings (SSSR count). The van der Waals surface area contributed by atoms with Gasteiger partial charge < -0.3 is 15.3 Å². The lowest BCUT2D eigenvalue weighted by Gasteiger charge is -2.34. The Morgan fingerprint density at radius 1 is 1.10 bits per heavy atom. The van der Waals surface area contributed by atoms with Crippen molar-refractivity contribution in [3.8, 4) is 0 Å². The zero-order chi connectivity index (χ0) is 14.4. The van der Waals surface area contributed by atoms with Crippen LogP contribution in [-0.4, -0.2) is 41.1 Å². The number of hydrogen-bond donors (Lipinski definition) is 2. The van der Waals surface area contributed by atoms with Crippen molar-refractivity contribution in [3.63, 3.8) is 0 Å². The van der Waals surface area contributed by atoms with Gasteiger partial charge in [-0.3, -0.25) is 4.79 Å². The Bertz CT molecular complexity index is 336. The van der Waals surface area contributed by atoms with Gasteiger partial charge in [-0.05, 0) is 38.0 Å². The smallest absolute Gasteiger partial charge is 0.317 e. The van der Waals surface area contributed by atoms with Crippen LogP contribution in [0.5, 0.6) is 0 Å². The number of aliphatic carboxylic acids is 1. The minimum atomic E-state index is -0.804. The van der Waals surface area contributed by atoms with E-state index in [2.05, 4.69) is 5.32 Å². The average Bonchev–Trinajstić information content (AvgIpc) is 3.25. The van der Waals surface area contributed by atoms with Crippen LogP contribution in [0.3, 0.4) is 0 Å². The first-order valence-electron chi connectivity index (χ1n) is 7.93. The van der Waals surface area contributed by atoms with Crippen LogP contribution < -0.4 is 5.32 Å². The summed E-state index contributed by atoms with van der Waals surface area (Å²) >= 11 is 0. The van der Waals surface area contributed by atoms with Crippen LogP contribution in [0.25, 0.3) is 0 Å². The highest BCUT2D eigenvalue weighted by atomic mass is 16.4. The molecule has 0 radical (unpaired) electrons. The molecular formula is C15H26N2O3. The molecule has 2 saturated carbocycles. The lowest BCUT2D eigenvalue weighted by Crippen LogP contribution is -2.48. The molecule has 2 amide bonds. The van der Waals surface area contributed by atoms with Gasteiger partial charge in [0.1, 0.15) is 0 Å². The SMILES string of the molecule is O=C(O)CCCNC(=O)N(CC1CC1)C1CCCCC1. The van der Waals surface area contributed by atoms with Crippen molar-refractivity contribution < 1.29 is 14.7 Å². The zero-order valence-electron chi connectivity index (χ0n) is 12.1. The number of carboxylic acid groups (broad SMARTS) is 1. The van der Waals surface area contributed by atoms with Crippen LogP contribution in [0.15, 0.2) is 0 Å². The highest BCUT2D eigenvalue weighted by molar-refractivity contribution is 5.74. The highest BCUT2D eigenvalue weighted by Crippen LogP contribution is 2.32. The number of urea groups is 1. The van der Waals surface area contributed by atoms with E-state index < -0.39 is 5.97 Å². The van der Waals surface area contributed by atoms with E-state index in [9.17, 15) is 9.59 Å². The Labute approximate surface area is 120 Å². The summed E-state index contributed by atoms with van der Waals surface area (Å²) in [4.78, 5) is 24.8. The first-order chi connectivity index (χ1) is 9.66. The third-order valence-electron chi connectivity index (χ3n) is 4.27. The van der Waals surface area contributed by atoms with Crippen LogP contribution in [0.2, 0.25) is 0 Å². The summed E-state index contributed by atoms with van der Waals surface area (Å²) in [6.07, 6.45) is 9.08. The monoisotopic (exact) mass is 282 g/mol. The molecule has 5 nitrogen and oxygen atoms in total. The van der Waals surface area contributed by atoms with Gasteiger partial charge in [0.05, 0.1) is 0 Å². The minimum absolute atomic E-state index is 0.00851. The van der Waals surface area contributed by atoms with Gasteiger partial charge in [-0.1, -0.05) is 19.3 Å². The maximum Gasteiger partial charge on any atom is 0.317 e. The maximum atomic E-state index is 12.3. The molecule has 0 aromatic heterocycles. The van der Waals surface area contributed by atoms with Gasteiger partial charge in [0.2, 0.25) is 0 Å². The second-order valence-electron chi connectivity index (χ2n) is 6.12. The Morgan fingerprint density at radius 2 is 1.80 bits per heavy atom. The second kappa shape index (κ2) is 7.50. The van der Waals surface area contributed by atoms with E-state index in [0.717, 1.165) is 19.4 Å². The van der Waals surface area contributed by atoms with Crippen molar-refractivity contribution >= 4 is 12.0 Å². The summed E-state index contributed by atoms with van der Waals surface area (Å²) in [5.41, 5.74) is 0. The van der Waals surface area contributed by atoms with E-state index in [4.69, 9.17) is 5.11 Å². The summed E-state index contributed by atoms with van der Waals surface area (Å²) in [6.45, 7) is 1.34. The lowest BCUT2D eigenvalue weighted by molar-refractivity contribution is -0.137. The largest absolute Gasteiger partial charge is 0.481 e. The van der Waals surface area contributed by atoms with E-state index in [1.807, 2.05) is 4.90 Å². The van der Waals surface area contributed by atoms with Gasteiger partial charge in [0, 0.05) is 25.6 Å². The number of nitrogens with zero attached hydrogens (tertiary/aromatic N) is 1. The molecule has 0 aromatic carbocycles. The van der Waals surface area contributed by atoms with Crippen LogP contribution in [0.1, 0.15) is 57.8 Å². The van der Waals surface area contributed by atoms with Crippen LogP contribution in [0, 0.1) is 5.92 Å². The molecule has 20 heavy (non-hydrogen) atoms. The molecule has 114 valence electrons. The summed E-state index contributed by atoms with van der Waals surface area (Å²) < 4.78 is 0. The number of carbonyl (C=O) groups excluding carboxylic acids is 1. The van der Waals surface area contributed by atoms with Crippen molar-refractivity contribution in [1.82, 2.24) is 10.2 Å². The average molecular weight is 282 g/mol. The number of amides is 2. The highest BCUT2D eigenvalue weighted by Gasteiger charge is 2.31. The Morgan fingerprint density at radius 3 is 2.40 bits per heavy atom. The fraction of sp³-hybridized carbons (Fsp3) is 0.867. The van der Waals surface area contributed by atoms with Gasteiger partial charge in [-0.15, -0.1) is 0 Å². The third-order valence-corrected chi connectivity index (χ3v) is 4.27. The third kappa shape index (κ3) is 5.02. The fourth-order valence-corrected chi connectivity index (χ4v) is 2.91. The molecule has 0 atom stereocenters. The second-order valence-corrected chi connectivity index (χ2v) is 6.12. The molecule has 0 aromatic rings. The van der Waals surface area contributed by atoms with Crippen LogP contribution in [-0.2, 0) is 4.79 Å². The summed E-state index contributed by atoms with van der Waals surface area (Å²) in [6, 6.07) is 0.401. The zero-order valence-corrected chi connectivity index (χ0v) is 12.1. The van der Waals surface area contributed by atoms with E-state index in [1.165, 1.54) is 32.1 Å². The quantitative estimate of drug-likeness (QED) is 0.705. The topological polar surface area (TPSA) is 69.6 Å². The molecule has 2 aliphatic carbocycles. The first-order valence-corrected chi connectivity index (χ1v) is 7.93. The number of hydrogen-bond acceptors (Lipinski definition) is 2. The fourth-order valence-electron chi connectivity index (χ4n) is 2.91. The van der Waals surface area contributed by atoms with Crippen LogP contribution >= 0.6 is 0 Å². The number of carbonyl (C=O) groups is 2. The van der Waals surface area contributed by atoms with Crippen molar-refractivity contribution in [2.45, 2.75) is 63.8 Å². The van der Waals surface area contributed by atoms with E-state index in [-0.39, 0.29) is 12.5 Å². The molecule has 0 spiro atoms. The van der Waals surface area contributed by atoms with Crippen molar-refractivity contribution in [1.29, 1.82) is 0 Å². The Balaban J connectivity index is 1.78. The van der Waals surface area contributed by atoms with Gasteiger partial charge in [0.25, 0.3) is 0 Å². The molecular weight excluding hydrogens is 256 g/mol. The van der Waals surface area contributed by atoms with Gasteiger partial charge in [-0.25, -0.2) is 4.79 Å². The minimum Gasteiger partial charge on any atom is -0.481 e. The maximum absolute atomic E-state index is 12.3. The first kappa shape index (κ1) is 15.1. The molecule has 0 aliphatic heterocycles. The number of nitrogens with one attached hydrogen (secondary N) is 1. The van der Waals surface area contributed by atoms with E-state index in [1.54, 1.807) is 0 Å². The van der Waals surface area contributed by atoms with Crippen molar-refractivity contribution in [3.05, 3.63) is 0 Å². The van der Waals surface area contributed by atoms with Crippen molar-refractivity contribution in [2.24, 2.45) is 5.92 Å². The van der Waals surface area contributed by atoms with Crippen LogP contribution in [0.4, 0.5) is 4.79 Å². The molecule has 0 unspecified atom stereocenters. The molecule has 2 N–H and O–H groups in total. The molecule has 2 aliphatic rings. The molecule has 0 saturated heterocycles. The van der Waals surface area contributed by atoms with Gasteiger partial charge in [0.15, 0.2) is 0 Å². The van der Waals surface area contributed by atoms with Crippen molar-refractivity contribution in [2.75, 3.05) is 13.1 Å². The molecule has 5 heteroatoms. The molecule has 0 bridgehead atoms. The molecule has 0 heterocycles. The standard InChI is InChI=1S/C15H26N2O3/c18-14(19)7-4-10-16-15(20)17(11-12-8-9-12)13-5-2-1-3-6-13/h12-13H,1-11H2,(H,16,20)(H,18,19). The summed E-state index contributed by atoms with van der Waals surface area (Å²) in [5.74, 6) is -0.108. The predicted molar refractivity (Wildman–Crippen MR) is 76.6 cm³/mol. The number of rotatable bonds is 7. The normalized spacial score (nSPS) is 19.6. The van der Waals surface area contributed by atoms with E-state index in [0.29, 0.717) is 24.9 Å². The van der Waals surface area contributed by atoms with Gasteiger partial charge >= 0.3 is 12.0 Å². The van der Waals surface area contributed by atoms with Gasteiger partial charge in [-0.2, -0.15) is 0 Å². The summed E-state index contributed by atoms with van der Waals surface area (Å²) in [7, 11) is 0. The number of carboxylic acids is 1. The lowest BCUT2D eigenvalue weighted by atomic mass is 9.94. The predicted octanol–water partition coefficient (Wildman–Crippen LogP) is 2.61. The Hall–Kier alpha value is -1.26. The van der Waals surface area contributed by atoms with E-state index >= 15 is 0 Å². The Kier molecular flexibility index (Phi) is 5.68. The molecule has 2 fully saturated rings. The summed E-state index contributed by atoms with van der Waals surface area (Å²) in [5, 5.41) is 11.5.